The predicted molar refractivity (Wildman–Crippen MR) is 99.8 cm³/mol. The van der Waals surface area contributed by atoms with Crippen LogP contribution in [0.5, 0.6) is 5.75 Å². The van der Waals surface area contributed by atoms with E-state index in [1.54, 1.807) is 37.4 Å². The van der Waals surface area contributed by atoms with Crippen molar-refractivity contribution in [2.45, 2.75) is 0 Å². The quantitative estimate of drug-likeness (QED) is 0.726. The summed E-state index contributed by atoms with van der Waals surface area (Å²) < 4.78 is 5.12. The van der Waals surface area contributed by atoms with Gasteiger partial charge in [0.25, 0.3) is 5.91 Å². The van der Waals surface area contributed by atoms with Crippen LogP contribution < -0.4 is 10.1 Å². The van der Waals surface area contributed by atoms with Crippen molar-refractivity contribution in [3.8, 4) is 17.6 Å². The molecule has 3 aromatic carbocycles. The molecular weight excluding hydrogens is 310 g/mol. The summed E-state index contributed by atoms with van der Waals surface area (Å²) in [6, 6.07) is 24.2. The van der Waals surface area contributed by atoms with E-state index in [1.807, 2.05) is 48.5 Å². The maximum atomic E-state index is 12.6. The minimum atomic E-state index is -0.192. The van der Waals surface area contributed by atoms with Crippen molar-refractivity contribution in [2.75, 3.05) is 12.4 Å². The molecule has 0 aliphatic rings. The molecule has 0 aliphatic heterocycles. The first-order valence-electron chi connectivity index (χ1n) is 7.88. The summed E-state index contributed by atoms with van der Waals surface area (Å²) in [5, 5.41) is 2.89. The molecule has 0 spiro atoms. The number of rotatable bonds is 3. The van der Waals surface area contributed by atoms with Crippen LogP contribution in [0, 0.1) is 11.8 Å². The number of benzene rings is 3. The van der Waals surface area contributed by atoms with Gasteiger partial charge in [0.1, 0.15) is 5.75 Å². The molecule has 3 rings (SSSR count). The first-order valence-corrected chi connectivity index (χ1v) is 7.88. The molecule has 0 heterocycles. The molecule has 0 radical (unpaired) electrons. The molecule has 1 amide bonds. The van der Waals surface area contributed by atoms with E-state index in [2.05, 4.69) is 17.2 Å². The van der Waals surface area contributed by atoms with Crippen LogP contribution in [0.3, 0.4) is 0 Å². The van der Waals surface area contributed by atoms with Crippen LogP contribution in [0.25, 0.3) is 0 Å². The summed E-state index contributed by atoms with van der Waals surface area (Å²) in [5.74, 6) is 6.72. The lowest BCUT2D eigenvalue weighted by Crippen LogP contribution is -2.13. The zero-order valence-electron chi connectivity index (χ0n) is 13.8. The van der Waals surface area contributed by atoms with Gasteiger partial charge >= 0.3 is 0 Å². The highest BCUT2D eigenvalue weighted by Gasteiger charge is 2.10. The van der Waals surface area contributed by atoms with Crippen molar-refractivity contribution in [2.24, 2.45) is 0 Å². The Morgan fingerprint density at radius 1 is 0.840 bits per heavy atom. The molecule has 3 nitrogen and oxygen atoms in total. The monoisotopic (exact) mass is 327 g/mol. The molecule has 0 atom stereocenters. The fourth-order valence-corrected chi connectivity index (χ4v) is 2.32. The number of anilines is 1. The van der Waals surface area contributed by atoms with Gasteiger partial charge in [-0.15, -0.1) is 0 Å². The average molecular weight is 327 g/mol. The Hall–Kier alpha value is -3.51. The first kappa shape index (κ1) is 16.4. The SMILES string of the molecule is COc1ccc(NC(=O)c2ccccc2C#Cc2ccccc2)cc1. The Morgan fingerprint density at radius 2 is 1.52 bits per heavy atom. The van der Waals surface area contributed by atoms with Gasteiger partial charge in [-0.25, -0.2) is 0 Å². The Balaban J connectivity index is 1.82. The van der Waals surface area contributed by atoms with Crippen molar-refractivity contribution in [1.82, 2.24) is 0 Å². The van der Waals surface area contributed by atoms with Crippen molar-refractivity contribution >= 4 is 11.6 Å². The lowest BCUT2D eigenvalue weighted by Gasteiger charge is -2.07. The summed E-state index contributed by atoms with van der Waals surface area (Å²) in [4.78, 5) is 12.6. The third-order valence-corrected chi connectivity index (χ3v) is 3.63. The third-order valence-electron chi connectivity index (χ3n) is 3.63. The number of hydrogen-bond donors (Lipinski definition) is 1. The molecule has 0 aromatic heterocycles. The van der Waals surface area contributed by atoms with Crippen LogP contribution in [0.15, 0.2) is 78.9 Å². The van der Waals surface area contributed by atoms with E-state index in [-0.39, 0.29) is 5.91 Å². The molecule has 1 N–H and O–H groups in total. The third kappa shape index (κ3) is 4.27. The molecule has 0 unspecified atom stereocenters. The normalized spacial score (nSPS) is 9.64. The molecule has 3 heteroatoms. The van der Waals surface area contributed by atoms with Crippen molar-refractivity contribution < 1.29 is 9.53 Å². The van der Waals surface area contributed by atoms with Crippen LogP contribution >= 0.6 is 0 Å². The van der Waals surface area contributed by atoms with E-state index in [0.717, 1.165) is 11.3 Å². The van der Waals surface area contributed by atoms with Gasteiger partial charge < -0.3 is 10.1 Å². The fourth-order valence-electron chi connectivity index (χ4n) is 2.32. The lowest BCUT2D eigenvalue weighted by molar-refractivity contribution is 0.102. The van der Waals surface area contributed by atoms with Crippen molar-refractivity contribution in [1.29, 1.82) is 0 Å². The number of carbonyl (C=O) groups excluding carboxylic acids is 1. The van der Waals surface area contributed by atoms with Crippen molar-refractivity contribution in [3.05, 3.63) is 95.6 Å². The molecule has 0 aliphatic carbocycles. The number of hydrogen-bond acceptors (Lipinski definition) is 2. The largest absolute Gasteiger partial charge is 0.497 e. The molecule has 0 fully saturated rings. The molecule has 0 saturated carbocycles. The van der Waals surface area contributed by atoms with Crippen LogP contribution in [0.2, 0.25) is 0 Å². The summed E-state index contributed by atoms with van der Waals surface area (Å²) in [6.07, 6.45) is 0. The van der Waals surface area contributed by atoms with E-state index in [4.69, 9.17) is 4.74 Å². The highest BCUT2D eigenvalue weighted by atomic mass is 16.5. The summed E-state index contributed by atoms with van der Waals surface area (Å²) in [6.45, 7) is 0. The van der Waals surface area contributed by atoms with E-state index < -0.39 is 0 Å². The molecule has 3 aromatic rings. The molecule has 25 heavy (non-hydrogen) atoms. The Kier molecular flexibility index (Phi) is 5.13. The minimum absolute atomic E-state index is 0.192. The highest BCUT2D eigenvalue weighted by Crippen LogP contribution is 2.17. The first-order chi connectivity index (χ1) is 12.3. The van der Waals surface area contributed by atoms with E-state index >= 15 is 0 Å². The molecule has 0 saturated heterocycles. The Bertz CT molecular complexity index is 919. The number of nitrogens with one attached hydrogen (secondary N) is 1. The summed E-state index contributed by atoms with van der Waals surface area (Å²) >= 11 is 0. The van der Waals surface area contributed by atoms with Gasteiger partial charge in [-0.3, -0.25) is 4.79 Å². The number of ether oxygens (including phenoxy) is 1. The van der Waals surface area contributed by atoms with Gasteiger partial charge in [-0.1, -0.05) is 42.2 Å². The number of amides is 1. The number of methoxy groups -OCH3 is 1. The van der Waals surface area contributed by atoms with Gasteiger partial charge in [0, 0.05) is 16.8 Å². The van der Waals surface area contributed by atoms with Crippen LogP contribution in [-0.4, -0.2) is 13.0 Å². The summed E-state index contributed by atoms with van der Waals surface area (Å²) in [5.41, 5.74) is 2.85. The van der Waals surface area contributed by atoms with E-state index in [9.17, 15) is 4.79 Å². The molecular formula is C22H17NO2. The average Bonchev–Trinajstić information content (AvgIpc) is 2.68. The van der Waals surface area contributed by atoms with Crippen molar-refractivity contribution in [3.63, 3.8) is 0 Å². The van der Waals surface area contributed by atoms with E-state index in [1.165, 1.54) is 0 Å². The molecule has 0 bridgehead atoms. The Labute approximate surface area is 147 Å². The molecule has 122 valence electrons. The van der Waals surface area contributed by atoms with E-state index in [0.29, 0.717) is 16.8 Å². The smallest absolute Gasteiger partial charge is 0.256 e. The van der Waals surface area contributed by atoms with Gasteiger partial charge in [0.2, 0.25) is 0 Å². The fraction of sp³-hybridized carbons (Fsp3) is 0.0455. The zero-order chi connectivity index (χ0) is 17.5. The van der Waals surface area contributed by atoms with Gasteiger partial charge in [-0.2, -0.15) is 0 Å². The van der Waals surface area contributed by atoms with Gasteiger partial charge in [-0.05, 0) is 48.5 Å². The van der Waals surface area contributed by atoms with Gasteiger partial charge in [0.15, 0.2) is 0 Å². The maximum absolute atomic E-state index is 12.6. The number of carbonyl (C=O) groups is 1. The zero-order valence-corrected chi connectivity index (χ0v) is 13.8. The maximum Gasteiger partial charge on any atom is 0.256 e. The second-order valence-corrected chi connectivity index (χ2v) is 5.34. The highest BCUT2D eigenvalue weighted by molar-refractivity contribution is 6.06. The van der Waals surface area contributed by atoms with Crippen LogP contribution in [0.1, 0.15) is 21.5 Å². The van der Waals surface area contributed by atoms with Crippen LogP contribution in [0.4, 0.5) is 5.69 Å². The standard InChI is InChI=1S/C22H17NO2/c1-25-20-15-13-19(14-16-20)23-22(24)21-10-6-5-9-18(21)12-11-17-7-3-2-4-8-17/h2-10,13-16H,1H3,(H,23,24). The topological polar surface area (TPSA) is 38.3 Å². The van der Waals surface area contributed by atoms with Gasteiger partial charge in [0.05, 0.1) is 12.7 Å². The predicted octanol–water partition coefficient (Wildman–Crippen LogP) is 4.35. The second-order valence-electron chi connectivity index (χ2n) is 5.34. The van der Waals surface area contributed by atoms with Crippen LogP contribution in [-0.2, 0) is 0 Å². The minimum Gasteiger partial charge on any atom is -0.497 e. The summed E-state index contributed by atoms with van der Waals surface area (Å²) in [7, 11) is 1.61. The second kappa shape index (κ2) is 7.85. The lowest BCUT2D eigenvalue weighted by atomic mass is 10.1. The Morgan fingerprint density at radius 3 is 2.24 bits per heavy atom.